The predicted octanol–water partition coefficient (Wildman–Crippen LogP) is 3.35. The van der Waals surface area contributed by atoms with Crippen LogP contribution in [0.3, 0.4) is 0 Å². The Labute approximate surface area is 116 Å². The van der Waals surface area contributed by atoms with Gasteiger partial charge in [-0.3, -0.25) is 4.98 Å². The minimum atomic E-state index is -1.00. The molecule has 19 heavy (non-hydrogen) atoms. The van der Waals surface area contributed by atoms with Crippen LogP contribution in [0.1, 0.15) is 21.5 Å². The van der Waals surface area contributed by atoms with Gasteiger partial charge in [-0.25, -0.2) is 4.79 Å². The Morgan fingerprint density at radius 2 is 2.21 bits per heavy atom. The van der Waals surface area contributed by atoms with Crippen LogP contribution in [0.15, 0.2) is 36.7 Å². The maximum Gasteiger partial charge on any atom is 0.337 e. The lowest BCUT2D eigenvalue weighted by molar-refractivity contribution is 0.0698. The van der Waals surface area contributed by atoms with Crippen molar-refractivity contribution in [3.63, 3.8) is 0 Å². The van der Waals surface area contributed by atoms with Gasteiger partial charge in [-0.1, -0.05) is 11.6 Å². The lowest BCUT2D eigenvalue weighted by Crippen LogP contribution is -2.07. The number of benzene rings is 1. The highest BCUT2D eigenvalue weighted by Crippen LogP contribution is 2.21. The van der Waals surface area contributed by atoms with Crippen LogP contribution >= 0.6 is 11.6 Å². The van der Waals surface area contributed by atoms with Gasteiger partial charge in [0.05, 0.1) is 5.56 Å². The van der Waals surface area contributed by atoms with E-state index in [0.29, 0.717) is 17.3 Å². The molecule has 0 aliphatic heterocycles. The molecule has 0 saturated heterocycles. The summed E-state index contributed by atoms with van der Waals surface area (Å²) in [5.74, 6) is -1.00. The summed E-state index contributed by atoms with van der Waals surface area (Å²) < 4.78 is 0. The highest BCUT2D eigenvalue weighted by Gasteiger charge is 2.10. The number of aromatic carboxylic acids is 1. The third-order valence-corrected chi connectivity index (χ3v) is 3.05. The number of halogens is 1. The predicted molar refractivity (Wildman–Crippen MR) is 74.7 cm³/mol. The van der Waals surface area contributed by atoms with E-state index in [2.05, 4.69) is 10.3 Å². The fraction of sp³-hybridized carbons (Fsp3) is 0.143. The van der Waals surface area contributed by atoms with Gasteiger partial charge in [0.15, 0.2) is 0 Å². The molecule has 4 nitrogen and oxygen atoms in total. The fourth-order valence-corrected chi connectivity index (χ4v) is 1.91. The number of aryl methyl sites for hydroxylation is 1. The number of pyridine rings is 1. The molecule has 0 aliphatic rings. The smallest absolute Gasteiger partial charge is 0.337 e. The first-order chi connectivity index (χ1) is 9.08. The number of carboxylic acids is 1. The molecule has 0 fully saturated rings. The number of hydrogen-bond acceptors (Lipinski definition) is 3. The van der Waals surface area contributed by atoms with Crippen LogP contribution in [-0.4, -0.2) is 16.1 Å². The highest BCUT2D eigenvalue weighted by molar-refractivity contribution is 6.31. The highest BCUT2D eigenvalue weighted by atomic mass is 35.5. The monoisotopic (exact) mass is 276 g/mol. The number of nitrogens with zero attached hydrogens (tertiary/aromatic N) is 1. The van der Waals surface area contributed by atoms with E-state index in [-0.39, 0.29) is 5.56 Å². The van der Waals surface area contributed by atoms with Crippen LogP contribution in [0.25, 0.3) is 0 Å². The van der Waals surface area contributed by atoms with Crippen molar-refractivity contribution >= 4 is 23.3 Å². The maximum absolute atomic E-state index is 11.1. The van der Waals surface area contributed by atoms with Crippen LogP contribution < -0.4 is 5.32 Å². The molecule has 1 heterocycles. The van der Waals surface area contributed by atoms with Gasteiger partial charge >= 0.3 is 5.97 Å². The zero-order chi connectivity index (χ0) is 13.8. The zero-order valence-corrected chi connectivity index (χ0v) is 11.1. The summed E-state index contributed by atoms with van der Waals surface area (Å²) in [6.07, 6.45) is 3.49. The van der Waals surface area contributed by atoms with Gasteiger partial charge in [-0.05, 0) is 42.3 Å². The number of carbonyl (C=O) groups is 1. The first-order valence-corrected chi connectivity index (χ1v) is 6.12. The van der Waals surface area contributed by atoms with Crippen molar-refractivity contribution in [1.82, 2.24) is 4.98 Å². The summed E-state index contributed by atoms with van der Waals surface area (Å²) in [6.45, 7) is 2.50. The largest absolute Gasteiger partial charge is 0.478 e. The molecule has 0 bridgehead atoms. The summed E-state index contributed by atoms with van der Waals surface area (Å²) in [6, 6.07) is 6.67. The Bertz CT molecular complexity index is 614. The molecular formula is C14H13ClN2O2. The molecule has 2 rings (SSSR count). The van der Waals surface area contributed by atoms with E-state index >= 15 is 0 Å². The molecule has 1 aromatic heterocycles. The molecule has 5 heteroatoms. The van der Waals surface area contributed by atoms with Crippen LogP contribution in [0.2, 0.25) is 5.02 Å². The molecule has 0 aliphatic carbocycles. The molecule has 0 unspecified atom stereocenters. The Balaban J connectivity index is 2.20. The van der Waals surface area contributed by atoms with Gasteiger partial charge in [-0.15, -0.1) is 0 Å². The minimum absolute atomic E-state index is 0.166. The van der Waals surface area contributed by atoms with Crippen LogP contribution in [0.5, 0.6) is 0 Å². The van der Waals surface area contributed by atoms with Gasteiger partial charge in [0.1, 0.15) is 0 Å². The Morgan fingerprint density at radius 1 is 1.42 bits per heavy atom. The molecule has 2 N–H and O–H groups in total. The van der Waals surface area contributed by atoms with E-state index in [1.54, 1.807) is 24.5 Å². The topological polar surface area (TPSA) is 62.2 Å². The third kappa shape index (κ3) is 3.23. The molecular weight excluding hydrogens is 264 g/mol. The molecule has 0 atom stereocenters. The first kappa shape index (κ1) is 13.4. The number of rotatable bonds is 4. The summed E-state index contributed by atoms with van der Waals surface area (Å²) in [7, 11) is 0. The van der Waals surface area contributed by atoms with Crippen molar-refractivity contribution in [1.29, 1.82) is 0 Å². The van der Waals surface area contributed by atoms with Gasteiger partial charge < -0.3 is 10.4 Å². The van der Waals surface area contributed by atoms with Crippen molar-refractivity contribution in [2.24, 2.45) is 0 Å². The lowest BCUT2D eigenvalue weighted by Gasteiger charge is -2.11. The SMILES string of the molecule is Cc1cnccc1CNc1ccc(Cl)cc1C(=O)O. The number of hydrogen-bond donors (Lipinski definition) is 2. The number of aromatic nitrogens is 1. The quantitative estimate of drug-likeness (QED) is 0.899. The molecule has 0 amide bonds. The van der Waals surface area contributed by atoms with Crippen molar-refractivity contribution in [2.45, 2.75) is 13.5 Å². The number of anilines is 1. The Hall–Kier alpha value is -2.07. The second kappa shape index (κ2) is 5.71. The number of nitrogens with one attached hydrogen (secondary N) is 1. The summed E-state index contributed by atoms with van der Waals surface area (Å²) >= 11 is 5.80. The van der Waals surface area contributed by atoms with Crippen LogP contribution in [0, 0.1) is 6.92 Å². The minimum Gasteiger partial charge on any atom is -0.478 e. The molecule has 2 aromatic rings. The van der Waals surface area contributed by atoms with Crippen molar-refractivity contribution in [3.05, 3.63) is 58.4 Å². The summed E-state index contributed by atoms with van der Waals surface area (Å²) in [5.41, 5.74) is 2.84. The normalized spacial score (nSPS) is 10.2. The van der Waals surface area contributed by atoms with Crippen LogP contribution in [0.4, 0.5) is 5.69 Å². The Kier molecular flexibility index (Phi) is 4.02. The van der Waals surface area contributed by atoms with E-state index in [4.69, 9.17) is 16.7 Å². The Morgan fingerprint density at radius 3 is 2.89 bits per heavy atom. The van der Waals surface area contributed by atoms with Crippen molar-refractivity contribution in [2.75, 3.05) is 5.32 Å². The van der Waals surface area contributed by atoms with E-state index in [9.17, 15) is 4.79 Å². The van der Waals surface area contributed by atoms with Gasteiger partial charge in [0.2, 0.25) is 0 Å². The molecule has 98 valence electrons. The van der Waals surface area contributed by atoms with Crippen LogP contribution in [-0.2, 0) is 6.54 Å². The van der Waals surface area contributed by atoms with E-state index < -0.39 is 5.97 Å². The fourth-order valence-electron chi connectivity index (χ4n) is 1.74. The zero-order valence-electron chi connectivity index (χ0n) is 10.4. The van der Waals surface area contributed by atoms with Gasteiger partial charge in [0.25, 0.3) is 0 Å². The molecule has 1 aromatic carbocycles. The average Bonchev–Trinajstić information content (AvgIpc) is 2.38. The lowest BCUT2D eigenvalue weighted by atomic mass is 10.1. The van der Waals surface area contributed by atoms with E-state index in [0.717, 1.165) is 11.1 Å². The second-order valence-corrected chi connectivity index (χ2v) is 4.59. The molecule has 0 saturated carbocycles. The molecule has 0 radical (unpaired) electrons. The maximum atomic E-state index is 11.1. The number of carboxylic acid groups (broad SMARTS) is 1. The van der Waals surface area contributed by atoms with Crippen molar-refractivity contribution < 1.29 is 9.90 Å². The molecule has 0 spiro atoms. The summed E-state index contributed by atoms with van der Waals surface area (Å²) in [5, 5.41) is 12.7. The van der Waals surface area contributed by atoms with Gasteiger partial charge in [-0.2, -0.15) is 0 Å². The van der Waals surface area contributed by atoms with E-state index in [1.165, 1.54) is 6.07 Å². The van der Waals surface area contributed by atoms with E-state index in [1.807, 2.05) is 13.0 Å². The second-order valence-electron chi connectivity index (χ2n) is 4.15. The van der Waals surface area contributed by atoms with Gasteiger partial charge in [0, 0.05) is 29.6 Å². The van der Waals surface area contributed by atoms with Crippen molar-refractivity contribution in [3.8, 4) is 0 Å². The standard InChI is InChI=1S/C14H13ClN2O2/c1-9-7-16-5-4-10(9)8-17-13-3-2-11(15)6-12(13)14(18)19/h2-7,17H,8H2,1H3,(H,18,19). The first-order valence-electron chi connectivity index (χ1n) is 5.74. The summed E-state index contributed by atoms with van der Waals surface area (Å²) in [4.78, 5) is 15.2. The average molecular weight is 277 g/mol. The third-order valence-electron chi connectivity index (χ3n) is 2.82.